The monoisotopic (exact) mass is 371 g/mol. The van der Waals surface area contributed by atoms with E-state index in [4.69, 9.17) is 4.74 Å². The highest BCUT2D eigenvalue weighted by atomic mass is 19.1. The van der Waals surface area contributed by atoms with E-state index in [-0.39, 0.29) is 11.9 Å². The molecule has 6 nitrogen and oxygen atoms in total. The normalized spacial score (nSPS) is 17.2. The van der Waals surface area contributed by atoms with Crippen LogP contribution in [0.15, 0.2) is 53.7 Å². The first-order valence-corrected chi connectivity index (χ1v) is 9.20. The van der Waals surface area contributed by atoms with Crippen molar-refractivity contribution < 1.29 is 9.13 Å². The summed E-state index contributed by atoms with van der Waals surface area (Å²) in [5.41, 5.74) is 1.16. The predicted octanol–water partition coefficient (Wildman–Crippen LogP) is 2.18. The van der Waals surface area contributed by atoms with E-state index in [1.54, 1.807) is 19.3 Å². The van der Waals surface area contributed by atoms with Crippen LogP contribution in [0, 0.1) is 5.82 Å². The number of ether oxygens (including phenoxy) is 1. The zero-order valence-electron chi connectivity index (χ0n) is 15.6. The van der Waals surface area contributed by atoms with Crippen LogP contribution in [-0.2, 0) is 11.3 Å². The first kappa shape index (κ1) is 19.1. The topological polar surface area (TPSA) is 61.8 Å². The van der Waals surface area contributed by atoms with E-state index in [1.165, 1.54) is 6.07 Å². The number of rotatable bonds is 7. The van der Waals surface area contributed by atoms with E-state index in [0.717, 1.165) is 24.5 Å². The molecular formula is C20H26FN5O. The molecule has 2 N–H and O–H groups in total. The van der Waals surface area contributed by atoms with E-state index in [1.807, 2.05) is 35.2 Å². The quantitative estimate of drug-likeness (QED) is 0.444. The number of nitrogens with zero attached hydrogens (tertiary/aromatic N) is 3. The van der Waals surface area contributed by atoms with Crippen LogP contribution >= 0.6 is 0 Å². The number of hydrogen-bond acceptors (Lipinski definition) is 4. The Hall–Kier alpha value is -2.67. The van der Waals surface area contributed by atoms with Crippen LogP contribution < -0.4 is 15.5 Å². The van der Waals surface area contributed by atoms with Crippen LogP contribution in [0.25, 0.3) is 0 Å². The van der Waals surface area contributed by atoms with Crippen LogP contribution in [0.1, 0.15) is 12.0 Å². The van der Waals surface area contributed by atoms with E-state index < -0.39 is 0 Å². The third-order valence-corrected chi connectivity index (χ3v) is 4.44. The van der Waals surface area contributed by atoms with Gasteiger partial charge in [-0.15, -0.1) is 0 Å². The van der Waals surface area contributed by atoms with Crippen molar-refractivity contribution in [2.75, 3.05) is 38.2 Å². The number of nitrogens with one attached hydrogen (secondary N) is 2. The Bertz CT molecular complexity index is 740. The lowest BCUT2D eigenvalue weighted by Crippen LogP contribution is -2.45. The van der Waals surface area contributed by atoms with Gasteiger partial charge >= 0.3 is 0 Å². The first-order valence-electron chi connectivity index (χ1n) is 9.20. The second kappa shape index (κ2) is 9.87. The number of halogens is 1. The Morgan fingerprint density at radius 1 is 1.30 bits per heavy atom. The molecule has 0 bridgehead atoms. The zero-order chi connectivity index (χ0) is 18.9. The van der Waals surface area contributed by atoms with Gasteiger partial charge in [-0.25, -0.2) is 9.37 Å². The van der Waals surface area contributed by atoms with Crippen molar-refractivity contribution in [3.8, 4) is 0 Å². The summed E-state index contributed by atoms with van der Waals surface area (Å²) in [5, 5.41) is 6.64. The highest BCUT2D eigenvalue weighted by molar-refractivity contribution is 5.80. The molecule has 2 heterocycles. The number of pyridine rings is 1. The average Bonchev–Trinajstić information content (AvgIpc) is 3.16. The maximum absolute atomic E-state index is 13.9. The smallest absolute Gasteiger partial charge is 0.191 e. The maximum atomic E-state index is 13.9. The number of aliphatic imine (C=N–C) groups is 1. The molecule has 0 aliphatic carbocycles. The lowest BCUT2D eigenvalue weighted by atomic mass is 10.2. The summed E-state index contributed by atoms with van der Waals surface area (Å²) in [4.78, 5) is 10.4. The fourth-order valence-electron chi connectivity index (χ4n) is 3.07. The molecule has 0 saturated carbocycles. The summed E-state index contributed by atoms with van der Waals surface area (Å²) in [5.74, 6) is 0.863. The summed E-state index contributed by atoms with van der Waals surface area (Å²) in [6.07, 6.45) is 2.52. The number of benzene rings is 1. The molecule has 1 fully saturated rings. The molecule has 2 aromatic rings. The Kier molecular flexibility index (Phi) is 6.98. The molecular weight excluding hydrogens is 345 g/mol. The van der Waals surface area contributed by atoms with Crippen molar-refractivity contribution in [1.29, 1.82) is 0 Å². The minimum Gasteiger partial charge on any atom is -0.375 e. The van der Waals surface area contributed by atoms with Crippen molar-refractivity contribution in [1.82, 2.24) is 15.6 Å². The number of anilines is 1. The molecule has 1 atom stereocenters. The van der Waals surface area contributed by atoms with Gasteiger partial charge in [-0.1, -0.05) is 30.3 Å². The van der Waals surface area contributed by atoms with Gasteiger partial charge in [0, 0.05) is 38.9 Å². The summed E-state index contributed by atoms with van der Waals surface area (Å²) in [6.45, 7) is 3.31. The fourth-order valence-corrected chi connectivity index (χ4v) is 3.07. The molecule has 1 aliphatic heterocycles. The van der Waals surface area contributed by atoms with Crippen LogP contribution in [0.4, 0.5) is 10.2 Å². The van der Waals surface area contributed by atoms with Crippen molar-refractivity contribution in [3.05, 3.63) is 60.0 Å². The van der Waals surface area contributed by atoms with Gasteiger partial charge in [0.25, 0.3) is 0 Å². The van der Waals surface area contributed by atoms with E-state index in [9.17, 15) is 4.39 Å². The minimum atomic E-state index is -0.281. The molecule has 1 unspecified atom stereocenters. The van der Waals surface area contributed by atoms with Gasteiger partial charge in [-0.05, 0) is 24.1 Å². The largest absolute Gasteiger partial charge is 0.375 e. The maximum Gasteiger partial charge on any atom is 0.191 e. The Labute approximate surface area is 159 Å². The van der Waals surface area contributed by atoms with Crippen LogP contribution in [-0.4, -0.2) is 50.3 Å². The van der Waals surface area contributed by atoms with Gasteiger partial charge in [-0.2, -0.15) is 0 Å². The van der Waals surface area contributed by atoms with Crippen molar-refractivity contribution in [2.24, 2.45) is 4.99 Å². The third kappa shape index (κ3) is 5.65. The molecule has 1 aliphatic rings. The lowest BCUT2D eigenvalue weighted by molar-refractivity contribution is 0.125. The standard InChI is InChI=1S/C20H26FN5O/c1-22-20(24-11-13-27-15-16-6-3-2-4-7-16)25-17-9-12-26(14-17)19-18(21)8-5-10-23-19/h2-8,10,17H,9,11-15H2,1H3,(H2,22,24,25). The molecule has 27 heavy (non-hydrogen) atoms. The highest BCUT2D eigenvalue weighted by Crippen LogP contribution is 2.20. The zero-order valence-corrected chi connectivity index (χ0v) is 15.6. The highest BCUT2D eigenvalue weighted by Gasteiger charge is 2.25. The van der Waals surface area contributed by atoms with Gasteiger partial charge in [0.15, 0.2) is 17.6 Å². The molecule has 3 rings (SSSR count). The summed E-state index contributed by atoms with van der Waals surface area (Å²) < 4.78 is 19.6. The number of guanidine groups is 1. The van der Waals surface area contributed by atoms with Crippen LogP contribution in [0.3, 0.4) is 0 Å². The summed E-state index contributed by atoms with van der Waals surface area (Å²) in [6, 6.07) is 13.3. The number of aromatic nitrogens is 1. The van der Waals surface area contributed by atoms with Gasteiger partial charge in [-0.3, -0.25) is 4.99 Å². The molecule has 144 valence electrons. The van der Waals surface area contributed by atoms with Crippen LogP contribution in [0.2, 0.25) is 0 Å². The van der Waals surface area contributed by atoms with Gasteiger partial charge in [0.2, 0.25) is 0 Å². The van der Waals surface area contributed by atoms with E-state index in [2.05, 4.69) is 20.6 Å². The van der Waals surface area contributed by atoms with Crippen LogP contribution in [0.5, 0.6) is 0 Å². The van der Waals surface area contributed by atoms with Gasteiger partial charge in [0.05, 0.1) is 13.2 Å². The van der Waals surface area contributed by atoms with Crippen molar-refractivity contribution >= 4 is 11.8 Å². The molecule has 0 amide bonds. The van der Waals surface area contributed by atoms with E-state index >= 15 is 0 Å². The summed E-state index contributed by atoms with van der Waals surface area (Å²) in [7, 11) is 1.74. The van der Waals surface area contributed by atoms with Crippen molar-refractivity contribution in [2.45, 2.75) is 19.1 Å². The number of hydrogen-bond donors (Lipinski definition) is 2. The first-order chi connectivity index (χ1) is 13.3. The molecule has 0 radical (unpaired) electrons. The molecule has 7 heteroatoms. The predicted molar refractivity (Wildman–Crippen MR) is 105 cm³/mol. The molecule has 1 aromatic heterocycles. The fraction of sp³-hybridized carbons (Fsp3) is 0.400. The average molecular weight is 371 g/mol. The second-order valence-corrected chi connectivity index (χ2v) is 6.42. The summed E-state index contributed by atoms with van der Waals surface area (Å²) >= 11 is 0. The molecule has 1 saturated heterocycles. The van der Waals surface area contributed by atoms with Gasteiger partial charge < -0.3 is 20.3 Å². The van der Waals surface area contributed by atoms with E-state index in [0.29, 0.717) is 32.1 Å². The minimum absolute atomic E-state index is 0.197. The SMILES string of the molecule is CN=C(NCCOCc1ccccc1)NC1CCN(c2ncccc2F)C1. The Morgan fingerprint density at radius 3 is 2.93 bits per heavy atom. The molecule has 0 spiro atoms. The lowest BCUT2D eigenvalue weighted by Gasteiger charge is -2.20. The van der Waals surface area contributed by atoms with Crippen molar-refractivity contribution in [3.63, 3.8) is 0 Å². The second-order valence-electron chi connectivity index (χ2n) is 6.42. The Balaban J connectivity index is 1.37. The third-order valence-electron chi connectivity index (χ3n) is 4.44. The van der Waals surface area contributed by atoms with Gasteiger partial charge in [0.1, 0.15) is 0 Å². The Morgan fingerprint density at radius 2 is 2.15 bits per heavy atom. The molecule has 1 aromatic carbocycles.